The Labute approximate surface area is 148 Å². The van der Waals surface area contributed by atoms with Crippen LogP contribution in [0.2, 0.25) is 0 Å². The second kappa shape index (κ2) is 10.5. The number of carbonyl (C=O) groups is 1. The van der Waals surface area contributed by atoms with Crippen molar-refractivity contribution in [2.45, 2.75) is 46.6 Å². The number of hydrogen-bond donors (Lipinski definition) is 0. The van der Waals surface area contributed by atoms with Crippen LogP contribution >= 0.6 is 15.9 Å². The lowest BCUT2D eigenvalue weighted by molar-refractivity contribution is 0.0608. The van der Waals surface area contributed by atoms with Gasteiger partial charge in [-0.05, 0) is 56.9 Å². The van der Waals surface area contributed by atoms with Crippen LogP contribution in [0.3, 0.4) is 0 Å². The van der Waals surface area contributed by atoms with Gasteiger partial charge in [0.2, 0.25) is 0 Å². The summed E-state index contributed by atoms with van der Waals surface area (Å²) in [5.41, 5.74) is 0. The highest BCUT2D eigenvalue weighted by Gasteiger charge is 2.24. The molecule has 0 aromatic heterocycles. The first-order chi connectivity index (χ1) is 11.0. The van der Waals surface area contributed by atoms with Crippen LogP contribution in [-0.4, -0.2) is 36.8 Å². The van der Waals surface area contributed by atoms with Crippen molar-refractivity contribution in [2.24, 2.45) is 5.92 Å². The number of ether oxygens (including phenoxy) is 2. The highest BCUT2D eigenvalue weighted by atomic mass is 79.9. The molecule has 2 rings (SSSR count). The predicted octanol–water partition coefficient (Wildman–Crippen LogP) is 5.11. The molecule has 5 heteroatoms. The number of piperidine rings is 1. The van der Waals surface area contributed by atoms with E-state index in [4.69, 9.17) is 9.47 Å². The molecule has 0 aliphatic carbocycles. The fourth-order valence-corrected chi connectivity index (χ4v) is 2.57. The zero-order chi connectivity index (χ0) is 17.2. The van der Waals surface area contributed by atoms with Gasteiger partial charge in [-0.3, -0.25) is 0 Å². The van der Waals surface area contributed by atoms with Crippen LogP contribution in [0, 0.1) is 5.92 Å². The molecule has 0 N–H and O–H groups in total. The van der Waals surface area contributed by atoms with Gasteiger partial charge in [0.05, 0.1) is 12.7 Å². The fraction of sp³-hybridized carbons (Fsp3) is 0.611. The minimum Gasteiger partial charge on any atom is -0.493 e. The van der Waals surface area contributed by atoms with Gasteiger partial charge < -0.3 is 14.4 Å². The van der Waals surface area contributed by atoms with Crippen LogP contribution in [0.25, 0.3) is 0 Å². The Balaban J connectivity index is 0.00000127. The molecule has 0 saturated carbocycles. The van der Waals surface area contributed by atoms with Gasteiger partial charge in [0, 0.05) is 17.6 Å². The monoisotopic (exact) mass is 385 g/mol. The smallest absolute Gasteiger partial charge is 0.410 e. The molecule has 1 aliphatic rings. The van der Waals surface area contributed by atoms with Crippen molar-refractivity contribution in [3.63, 3.8) is 0 Å². The molecule has 1 aliphatic heterocycles. The third-order valence-electron chi connectivity index (χ3n) is 3.51. The summed E-state index contributed by atoms with van der Waals surface area (Å²) in [5, 5.41) is 0. The molecule has 0 bridgehead atoms. The molecule has 23 heavy (non-hydrogen) atoms. The van der Waals surface area contributed by atoms with E-state index in [1.807, 2.05) is 52.0 Å². The zero-order valence-electron chi connectivity index (χ0n) is 14.5. The Hall–Kier alpha value is -1.23. The van der Waals surface area contributed by atoms with Crippen molar-refractivity contribution in [3.8, 4) is 5.75 Å². The van der Waals surface area contributed by atoms with E-state index in [0.29, 0.717) is 12.5 Å². The number of carbonyl (C=O) groups excluding carboxylic acids is 1. The van der Waals surface area contributed by atoms with Crippen molar-refractivity contribution in [2.75, 3.05) is 19.7 Å². The molecule has 1 aromatic carbocycles. The van der Waals surface area contributed by atoms with Gasteiger partial charge in [-0.2, -0.15) is 0 Å². The molecule has 1 aromatic rings. The van der Waals surface area contributed by atoms with Gasteiger partial charge in [0.15, 0.2) is 0 Å². The summed E-state index contributed by atoms with van der Waals surface area (Å²) in [4.78, 5) is 13.6. The van der Waals surface area contributed by atoms with Crippen molar-refractivity contribution >= 4 is 22.0 Å². The maximum atomic E-state index is 11.8. The first-order valence-corrected chi connectivity index (χ1v) is 9.18. The van der Waals surface area contributed by atoms with Gasteiger partial charge in [-0.25, -0.2) is 4.79 Å². The Bertz CT molecular complexity index is 454. The quantitative estimate of drug-likeness (QED) is 0.722. The van der Waals surface area contributed by atoms with Gasteiger partial charge in [0.25, 0.3) is 0 Å². The summed E-state index contributed by atoms with van der Waals surface area (Å²) in [5.74, 6) is 1.39. The molecule has 1 heterocycles. The number of nitrogens with zero attached hydrogens (tertiary/aromatic N) is 1. The summed E-state index contributed by atoms with van der Waals surface area (Å²) in [6.45, 7) is 9.95. The lowest BCUT2D eigenvalue weighted by atomic mass is 9.98. The van der Waals surface area contributed by atoms with Crippen molar-refractivity contribution < 1.29 is 14.3 Å². The van der Waals surface area contributed by atoms with Gasteiger partial charge >= 0.3 is 6.09 Å². The first-order valence-electron chi connectivity index (χ1n) is 8.38. The number of benzene rings is 1. The third kappa shape index (κ3) is 7.25. The van der Waals surface area contributed by atoms with E-state index in [-0.39, 0.29) is 12.2 Å². The van der Waals surface area contributed by atoms with Crippen molar-refractivity contribution in [1.82, 2.24) is 4.90 Å². The van der Waals surface area contributed by atoms with E-state index in [0.717, 1.165) is 36.2 Å². The van der Waals surface area contributed by atoms with E-state index in [2.05, 4.69) is 15.9 Å². The van der Waals surface area contributed by atoms with Gasteiger partial charge in [0.1, 0.15) is 5.75 Å². The van der Waals surface area contributed by atoms with Crippen LogP contribution in [0.1, 0.15) is 40.5 Å². The molecule has 1 fully saturated rings. The van der Waals surface area contributed by atoms with Crippen LogP contribution < -0.4 is 4.74 Å². The number of halogens is 1. The Morgan fingerprint density at radius 2 is 1.78 bits per heavy atom. The maximum Gasteiger partial charge on any atom is 0.410 e. The third-order valence-corrected chi connectivity index (χ3v) is 4.04. The molecule has 0 unspecified atom stereocenters. The lowest BCUT2D eigenvalue weighted by Gasteiger charge is -2.31. The zero-order valence-corrected chi connectivity index (χ0v) is 16.1. The molecule has 4 nitrogen and oxygen atoms in total. The average molecular weight is 386 g/mol. The Kier molecular flexibility index (Phi) is 9.07. The SMILES string of the molecule is CC.CC(C)OC(=O)N1CCC(COc2ccc(Br)cc2)CC1. The number of amides is 1. The maximum absolute atomic E-state index is 11.8. The summed E-state index contributed by atoms with van der Waals surface area (Å²) in [6, 6.07) is 7.86. The standard InChI is InChI=1S/C16H22BrNO3.C2H6/c1-12(2)21-16(19)18-9-7-13(8-10-18)11-20-15-5-3-14(17)4-6-15;1-2/h3-6,12-13H,7-11H2,1-2H3;1-2H3. The topological polar surface area (TPSA) is 38.8 Å². The van der Waals surface area contributed by atoms with Gasteiger partial charge in [-0.15, -0.1) is 0 Å². The van der Waals surface area contributed by atoms with E-state index in [1.54, 1.807) is 4.90 Å². The normalized spacial score (nSPS) is 15.0. The highest BCUT2D eigenvalue weighted by Crippen LogP contribution is 2.21. The van der Waals surface area contributed by atoms with Crippen LogP contribution in [0.15, 0.2) is 28.7 Å². The Morgan fingerprint density at radius 1 is 1.22 bits per heavy atom. The molecular formula is C18H28BrNO3. The number of rotatable bonds is 4. The molecule has 130 valence electrons. The second-order valence-electron chi connectivity index (χ2n) is 5.63. The van der Waals surface area contributed by atoms with Crippen LogP contribution in [-0.2, 0) is 4.74 Å². The van der Waals surface area contributed by atoms with Crippen molar-refractivity contribution in [1.29, 1.82) is 0 Å². The Morgan fingerprint density at radius 3 is 2.30 bits per heavy atom. The second-order valence-corrected chi connectivity index (χ2v) is 6.54. The molecule has 0 atom stereocenters. The van der Waals surface area contributed by atoms with Crippen LogP contribution in [0.5, 0.6) is 5.75 Å². The predicted molar refractivity (Wildman–Crippen MR) is 96.9 cm³/mol. The molecule has 1 amide bonds. The van der Waals surface area contributed by atoms with E-state index in [9.17, 15) is 4.79 Å². The van der Waals surface area contributed by atoms with E-state index < -0.39 is 0 Å². The van der Waals surface area contributed by atoms with Crippen molar-refractivity contribution in [3.05, 3.63) is 28.7 Å². The fourth-order valence-electron chi connectivity index (χ4n) is 2.30. The summed E-state index contributed by atoms with van der Waals surface area (Å²) >= 11 is 3.41. The average Bonchev–Trinajstić information content (AvgIpc) is 2.56. The molecular weight excluding hydrogens is 358 g/mol. The minimum atomic E-state index is -0.197. The van der Waals surface area contributed by atoms with Gasteiger partial charge in [-0.1, -0.05) is 29.8 Å². The lowest BCUT2D eigenvalue weighted by Crippen LogP contribution is -2.40. The van der Waals surface area contributed by atoms with E-state index in [1.165, 1.54) is 0 Å². The first kappa shape index (κ1) is 19.8. The summed E-state index contributed by atoms with van der Waals surface area (Å²) in [6.07, 6.45) is 1.67. The number of hydrogen-bond acceptors (Lipinski definition) is 3. The summed E-state index contributed by atoms with van der Waals surface area (Å²) in [7, 11) is 0. The largest absolute Gasteiger partial charge is 0.493 e. The molecule has 1 saturated heterocycles. The molecule has 0 spiro atoms. The minimum absolute atomic E-state index is 0.0593. The number of likely N-dealkylation sites (tertiary alicyclic amines) is 1. The van der Waals surface area contributed by atoms with E-state index >= 15 is 0 Å². The molecule has 0 radical (unpaired) electrons. The van der Waals surface area contributed by atoms with Crippen LogP contribution in [0.4, 0.5) is 4.79 Å². The summed E-state index contributed by atoms with van der Waals surface area (Å²) < 4.78 is 12.1. The highest BCUT2D eigenvalue weighted by molar-refractivity contribution is 9.10.